The second-order valence-corrected chi connectivity index (χ2v) is 8.13. The maximum Gasteiger partial charge on any atom is 0.338 e. The fourth-order valence-corrected chi connectivity index (χ4v) is 4.31. The highest BCUT2D eigenvalue weighted by Gasteiger charge is 2.23. The van der Waals surface area contributed by atoms with Gasteiger partial charge in [0.2, 0.25) is 0 Å². The summed E-state index contributed by atoms with van der Waals surface area (Å²) >= 11 is 0. The normalized spacial score (nSPS) is 15.0. The van der Waals surface area contributed by atoms with Gasteiger partial charge in [-0.15, -0.1) is 0 Å². The van der Waals surface area contributed by atoms with Gasteiger partial charge >= 0.3 is 11.9 Å². The quantitative estimate of drug-likeness (QED) is 0.526. The number of carbonyl (C=O) groups excluding carboxylic acids is 2. The van der Waals surface area contributed by atoms with Crippen molar-refractivity contribution in [3.63, 3.8) is 0 Å². The van der Waals surface area contributed by atoms with Crippen molar-refractivity contribution in [3.8, 4) is 5.69 Å². The average molecular weight is 452 g/mol. The molecule has 4 rings (SSSR count). The fourth-order valence-electron chi connectivity index (χ4n) is 4.31. The molecule has 2 aromatic carbocycles. The maximum absolute atomic E-state index is 12.1. The van der Waals surface area contributed by atoms with Crippen molar-refractivity contribution in [2.24, 2.45) is 0 Å². The predicted octanol–water partition coefficient (Wildman–Crippen LogP) is 2.92. The molecule has 0 aliphatic carbocycles. The van der Waals surface area contributed by atoms with Crippen molar-refractivity contribution in [2.45, 2.75) is 25.7 Å². The fraction of sp³-hybridized carbons (Fsp3) is 0.400. The van der Waals surface area contributed by atoms with Gasteiger partial charge < -0.3 is 14.6 Å². The summed E-state index contributed by atoms with van der Waals surface area (Å²) in [6.45, 7) is 4.11. The van der Waals surface area contributed by atoms with Gasteiger partial charge in [-0.3, -0.25) is 14.3 Å². The molecule has 8 nitrogen and oxygen atoms in total. The van der Waals surface area contributed by atoms with Crippen molar-refractivity contribution in [1.29, 1.82) is 0 Å². The number of nitrogens with zero attached hydrogens (tertiary/aromatic N) is 3. The van der Waals surface area contributed by atoms with Crippen LogP contribution in [0.15, 0.2) is 48.8 Å². The summed E-state index contributed by atoms with van der Waals surface area (Å²) < 4.78 is 12.1. The van der Waals surface area contributed by atoms with Crippen molar-refractivity contribution < 1.29 is 24.2 Å². The van der Waals surface area contributed by atoms with Gasteiger partial charge in [0.25, 0.3) is 0 Å². The number of ether oxygens (including phenoxy) is 2. The Morgan fingerprint density at radius 2 is 1.94 bits per heavy atom. The molecule has 1 fully saturated rings. The maximum atomic E-state index is 12.1. The largest absolute Gasteiger partial charge is 0.465 e. The zero-order chi connectivity index (χ0) is 23.2. The van der Waals surface area contributed by atoms with Crippen LogP contribution in [0.25, 0.3) is 16.7 Å². The summed E-state index contributed by atoms with van der Waals surface area (Å²) in [6, 6.07) is 13.7. The van der Waals surface area contributed by atoms with Gasteiger partial charge in [0.15, 0.2) is 0 Å². The number of imidazole rings is 1. The van der Waals surface area contributed by atoms with E-state index in [2.05, 4.69) is 28.1 Å². The Kier molecular flexibility index (Phi) is 7.36. The van der Waals surface area contributed by atoms with Crippen LogP contribution in [0, 0.1) is 0 Å². The number of aliphatic hydroxyl groups is 1. The van der Waals surface area contributed by atoms with E-state index in [0.717, 1.165) is 37.1 Å². The van der Waals surface area contributed by atoms with E-state index in [4.69, 9.17) is 14.6 Å². The van der Waals surface area contributed by atoms with Crippen LogP contribution in [0.3, 0.4) is 0 Å². The third-order valence-corrected chi connectivity index (χ3v) is 5.97. The van der Waals surface area contributed by atoms with Gasteiger partial charge in [0, 0.05) is 5.69 Å². The lowest BCUT2D eigenvalue weighted by molar-refractivity contribution is -0.144. The molecule has 1 aliphatic heterocycles. The first-order chi connectivity index (χ1) is 16.1. The van der Waals surface area contributed by atoms with Crippen LogP contribution < -0.4 is 0 Å². The van der Waals surface area contributed by atoms with E-state index in [1.165, 1.54) is 5.56 Å². The number of rotatable bonds is 8. The Balaban J connectivity index is 1.47. The molecule has 0 bridgehead atoms. The highest BCUT2D eigenvalue weighted by molar-refractivity contribution is 5.94. The lowest BCUT2D eigenvalue weighted by atomic mass is 9.89. The molecule has 0 atom stereocenters. The van der Waals surface area contributed by atoms with Gasteiger partial charge in [-0.2, -0.15) is 0 Å². The SMILES string of the molecule is CCOC(=O)CN1CCC(c2cccc(-n3cnc4cc(C(=O)OCCO)ccc43)c2)CC1. The summed E-state index contributed by atoms with van der Waals surface area (Å²) in [5.74, 6) is -0.197. The topological polar surface area (TPSA) is 93.9 Å². The van der Waals surface area contributed by atoms with Crippen LogP contribution in [0.1, 0.15) is 41.6 Å². The summed E-state index contributed by atoms with van der Waals surface area (Å²) in [4.78, 5) is 30.4. The Morgan fingerprint density at radius 3 is 2.70 bits per heavy atom. The Morgan fingerprint density at radius 1 is 1.12 bits per heavy atom. The van der Waals surface area contributed by atoms with Crippen molar-refractivity contribution in [2.75, 3.05) is 39.5 Å². The molecule has 174 valence electrons. The molecule has 0 spiro atoms. The molecule has 2 heterocycles. The second kappa shape index (κ2) is 10.6. The highest BCUT2D eigenvalue weighted by Crippen LogP contribution is 2.30. The standard InChI is InChI=1S/C25H29N3O5/c1-2-32-24(30)16-27-10-8-18(9-11-27)19-4-3-5-21(14-19)28-17-26-22-15-20(6-7-23(22)28)25(31)33-13-12-29/h3-7,14-15,17-18,29H,2,8-13,16H2,1H3. The first-order valence-corrected chi connectivity index (χ1v) is 11.3. The number of esters is 2. The third-order valence-electron chi connectivity index (χ3n) is 5.97. The van der Waals surface area contributed by atoms with Crippen LogP contribution in [-0.2, 0) is 14.3 Å². The smallest absolute Gasteiger partial charge is 0.338 e. The lowest BCUT2D eigenvalue weighted by Crippen LogP contribution is -2.37. The van der Waals surface area contributed by atoms with E-state index in [-0.39, 0.29) is 19.2 Å². The minimum Gasteiger partial charge on any atom is -0.465 e. The number of likely N-dealkylation sites (tertiary alicyclic amines) is 1. The van der Waals surface area contributed by atoms with Crippen LogP contribution in [0.2, 0.25) is 0 Å². The molecule has 1 aromatic heterocycles. The first kappa shape index (κ1) is 22.9. The van der Waals surface area contributed by atoms with Gasteiger partial charge in [0.05, 0.1) is 36.4 Å². The number of fused-ring (bicyclic) bond motifs is 1. The summed E-state index contributed by atoms with van der Waals surface area (Å²) in [7, 11) is 0. The van der Waals surface area contributed by atoms with E-state index in [0.29, 0.717) is 30.1 Å². The lowest BCUT2D eigenvalue weighted by Gasteiger charge is -2.31. The van der Waals surface area contributed by atoms with Gasteiger partial charge in [-0.05, 0) is 74.7 Å². The Labute approximate surface area is 192 Å². The number of hydrogen-bond donors (Lipinski definition) is 1. The van der Waals surface area contributed by atoms with Crippen LogP contribution >= 0.6 is 0 Å². The van der Waals surface area contributed by atoms with E-state index >= 15 is 0 Å². The number of benzene rings is 2. The average Bonchev–Trinajstić information content (AvgIpc) is 3.26. The van der Waals surface area contributed by atoms with E-state index in [1.807, 2.05) is 23.6 Å². The van der Waals surface area contributed by atoms with E-state index in [9.17, 15) is 9.59 Å². The van der Waals surface area contributed by atoms with E-state index < -0.39 is 5.97 Å². The molecule has 1 aliphatic rings. The van der Waals surface area contributed by atoms with Crippen LogP contribution in [-0.4, -0.2) is 71.0 Å². The first-order valence-electron chi connectivity index (χ1n) is 11.3. The van der Waals surface area contributed by atoms with Crippen molar-refractivity contribution in [1.82, 2.24) is 14.5 Å². The van der Waals surface area contributed by atoms with Gasteiger partial charge in [-0.25, -0.2) is 9.78 Å². The minimum atomic E-state index is -0.475. The summed E-state index contributed by atoms with van der Waals surface area (Å²) in [5, 5.41) is 8.83. The molecule has 8 heteroatoms. The van der Waals surface area contributed by atoms with Gasteiger partial charge in [0.1, 0.15) is 12.9 Å². The predicted molar refractivity (Wildman–Crippen MR) is 123 cm³/mol. The number of aliphatic hydroxyl groups excluding tert-OH is 1. The number of carbonyl (C=O) groups is 2. The molecule has 0 amide bonds. The Bertz CT molecular complexity index is 1120. The summed E-state index contributed by atoms with van der Waals surface area (Å²) in [5.41, 5.74) is 4.29. The third kappa shape index (κ3) is 5.40. The molecular formula is C25H29N3O5. The summed E-state index contributed by atoms with van der Waals surface area (Å²) in [6.07, 6.45) is 3.74. The minimum absolute atomic E-state index is 0.0279. The van der Waals surface area contributed by atoms with Crippen molar-refractivity contribution >= 4 is 23.0 Å². The molecule has 0 unspecified atom stereocenters. The molecule has 0 saturated carbocycles. The zero-order valence-electron chi connectivity index (χ0n) is 18.8. The zero-order valence-corrected chi connectivity index (χ0v) is 18.8. The van der Waals surface area contributed by atoms with E-state index in [1.54, 1.807) is 18.5 Å². The number of piperidine rings is 1. The molecule has 0 radical (unpaired) electrons. The second-order valence-electron chi connectivity index (χ2n) is 8.13. The van der Waals surface area contributed by atoms with Gasteiger partial charge in [-0.1, -0.05) is 12.1 Å². The molecule has 1 saturated heterocycles. The Hall–Kier alpha value is -3.23. The van der Waals surface area contributed by atoms with Crippen molar-refractivity contribution in [3.05, 3.63) is 59.9 Å². The van der Waals surface area contributed by atoms with Crippen LogP contribution in [0.5, 0.6) is 0 Å². The highest BCUT2D eigenvalue weighted by atomic mass is 16.5. The number of aromatic nitrogens is 2. The monoisotopic (exact) mass is 451 g/mol. The van der Waals surface area contributed by atoms with Crippen LogP contribution in [0.4, 0.5) is 0 Å². The number of hydrogen-bond acceptors (Lipinski definition) is 7. The molecule has 3 aromatic rings. The molecular weight excluding hydrogens is 422 g/mol. The molecule has 33 heavy (non-hydrogen) atoms. The molecule has 1 N–H and O–H groups in total.